The van der Waals surface area contributed by atoms with Gasteiger partial charge < -0.3 is 14.9 Å². The van der Waals surface area contributed by atoms with Crippen molar-refractivity contribution < 1.29 is 14.9 Å². The Morgan fingerprint density at radius 1 is 1.21 bits per heavy atom. The van der Waals surface area contributed by atoms with Gasteiger partial charge in [-0.05, 0) is 42.9 Å². The van der Waals surface area contributed by atoms with Crippen LogP contribution in [0.3, 0.4) is 0 Å². The van der Waals surface area contributed by atoms with Gasteiger partial charge in [-0.25, -0.2) is 0 Å². The average Bonchev–Trinajstić information content (AvgIpc) is 2.44. The molecule has 0 amide bonds. The van der Waals surface area contributed by atoms with E-state index in [-0.39, 0.29) is 18.8 Å². The van der Waals surface area contributed by atoms with Crippen LogP contribution in [-0.4, -0.2) is 32.7 Å². The molecular formula is C15H24O3Si. The van der Waals surface area contributed by atoms with E-state index < -0.39 is 0 Å². The van der Waals surface area contributed by atoms with E-state index in [0.717, 1.165) is 37.0 Å². The Hall–Kier alpha value is -0.843. The summed E-state index contributed by atoms with van der Waals surface area (Å²) >= 11 is 0. The summed E-state index contributed by atoms with van der Waals surface area (Å²) in [7, 11) is 1.21. The number of rotatable bonds is 5. The normalized spacial score (nSPS) is 27.4. The molecule has 0 aliphatic heterocycles. The molecule has 0 heterocycles. The minimum absolute atomic E-state index is 0.0504. The molecule has 0 aromatic heterocycles. The molecule has 2 N–H and O–H groups in total. The molecule has 106 valence electrons. The smallest absolute Gasteiger partial charge is 0.125 e. The monoisotopic (exact) mass is 280 g/mol. The minimum atomic E-state index is -0.333. The molecule has 4 heteroatoms. The van der Waals surface area contributed by atoms with Crippen molar-refractivity contribution in [1.29, 1.82) is 0 Å². The summed E-state index contributed by atoms with van der Waals surface area (Å²) < 4.78 is 5.92. The third-order valence-electron chi connectivity index (χ3n) is 3.98. The number of hydrogen-bond donors (Lipinski definition) is 2. The SMILES string of the molecule is OCc1ccc(OC2CCCC(CC[SiH3])C2O)cc1. The third kappa shape index (κ3) is 3.81. The van der Waals surface area contributed by atoms with Gasteiger partial charge in [0.1, 0.15) is 11.9 Å². The van der Waals surface area contributed by atoms with Crippen LogP contribution >= 0.6 is 0 Å². The van der Waals surface area contributed by atoms with Gasteiger partial charge in [0.15, 0.2) is 0 Å². The number of aliphatic hydroxyl groups excluding tert-OH is 2. The number of benzene rings is 1. The summed E-state index contributed by atoms with van der Waals surface area (Å²) in [6, 6.07) is 8.71. The number of ether oxygens (including phenoxy) is 1. The second-order valence-corrected chi connectivity index (χ2v) is 6.43. The second-order valence-electron chi connectivity index (χ2n) is 5.43. The van der Waals surface area contributed by atoms with E-state index in [9.17, 15) is 5.11 Å². The quantitative estimate of drug-likeness (QED) is 0.799. The van der Waals surface area contributed by atoms with E-state index in [4.69, 9.17) is 9.84 Å². The van der Waals surface area contributed by atoms with Crippen LogP contribution in [0.5, 0.6) is 5.75 Å². The van der Waals surface area contributed by atoms with Crippen LogP contribution in [0, 0.1) is 5.92 Å². The van der Waals surface area contributed by atoms with E-state index in [1.54, 1.807) is 0 Å². The Bertz CT molecular complexity index is 377. The highest BCUT2D eigenvalue weighted by Gasteiger charge is 2.32. The van der Waals surface area contributed by atoms with Crippen molar-refractivity contribution in [3.8, 4) is 5.75 Å². The van der Waals surface area contributed by atoms with Crippen LogP contribution < -0.4 is 4.74 Å². The maximum atomic E-state index is 10.4. The van der Waals surface area contributed by atoms with Crippen molar-refractivity contribution in [2.24, 2.45) is 5.92 Å². The molecule has 2 rings (SSSR count). The summed E-state index contributed by atoms with van der Waals surface area (Å²) in [6.45, 7) is 0.0504. The predicted octanol–water partition coefficient (Wildman–Crippen LogP) is 1.26. The van der Waals surface area contributed by atoms with E-state index in [1.165, 1.54) is 16.3 Å². The topological polar surface area (TPSA) is 49.7 Å². The van der Waals surface area contributed by atoms with Crippen LogP contribution in [0.15, 0.2) is 24.3 Å². The summed E-state index contributed by atoms with van der Waals surface area (Å²) in [5.41, 5.74) is 0.880. The van der Waals surface area contributed by atoms with Gasteiger partial charge in [-0.3, -0.25) is 0 Å². The Balaban J connectivity index is 1.96. The largest absolute Gasteiger partial charge is 0.488 e. The van der Waals surface area contributed by atoms with E-state index in [0.29, 0.717) is 5.92 Å². The highest BCUT2D eigenvalue weighted by molar-refractivity contribution is 6.08. The maximum absolute atomic E-state index is 10.4. The highest BCUT2D eigenvalue weighted by atomic mass is 28.1. The Morgan fingerprint density at radius 2 is 1.95 bits per heavy atom. The van der Waals surface area contributed by atoms with Crippen LogP contribution in [-0.2, 0) is 6.61 Å². The average molecular weight is 280 g/mol. The van der Waals surface area contributed by atoms with Crippen molar-refractivity contribution in [3.63, 3.8) is 0 Å². The summed E-state index contributed by atoms with van der Waals surface area (Å²) in [6.07, 6.45) is 3.93. The molecule has 0 spiro atoms. The minimum Gasteiger partial charge on any atom is -0.488 e. The van der Waals surface area contributed by atoms with Crippen LogP contribution in [0.25, 0.3) is 0 Å². The summed E-state index contributed by atoms with van der Waals surface area (Å²) in [4.78, 5) is 0. The van der Waals surface area contributed by atoms with Gasteiger partial charge in [0.2, 0.25) is 0 Å². The Labute approximate surface area is 118 Å². The predicted molar refractivity (Wildman–Crippen MR) is 79.5 cm³/mol. The molecule has 19 heavy (non-hydrogen) atoms. The lowest BCUT2D eigenvalue weighted by atomic mass is 9.83. The van der Waals surface area contributed by atoms with Gasteiger partial charge in [0.25, 0.3) is 0 Å². The van der Waals surface area contributed by atoms with Crippen LogP contribution in [0.1, 0.15) is 31.2 Å². The fourth-order valence-corrected chi connectivity index (χ4v) is 3.63. The first-order valence-electron chi connectivity index (χ1n) is 7.29. The molecule has 0 radical (unpaired) electrons. The van der Waals surface area contributed by atoms with Gasteiger partial charge in [0.05, 0.1) is 12.7 Å². The molecule has 3 nitrogen and oxygen atoms in total. The third-order valence-corrected chi connectivity index (χ3v) is 4.56. The van der Waals surface area contributed by atoms with Gasteiger partial charge >= 0.3 is 0 Å². The lowest BCUT2D eigenvalue weighted by Gasteiger charge is -2.34. The molecule has 1 aromatic carbocycles. The van der Waals surface area contributed by atoms with E-state index >= 15 is 0 Å². The first-order chi connectivity index (χ1) is 9.24. The Kier molecular flexibility index (Phi) is 5.42. The van der Waals surface area contributed by atoms with Crippen LogP contribution in [0.2, 0.25) is 6.04 Å². The molecule has 1 aliphatic carbocycles. The van der Waals surface area contributed by atoms with Crippen molar-refractivity contribution in [3.05, 3.63) is 29.8 Å². The van der Waals surface area contributed by atoms with Gasteiger partial charge in [-0.15, -0.1) is 0 Å². The van der Waals surface area contributed by atoms with Crippen molar-refractivity contribution in [2.45, 2.75) is 50.5 Å². The molecule has 1 fully saturated rings. The molecule has 1 aliphatic rings. The molecule has 1 aromatic rings. The zero-order valence-corrected chi connectivity index (χ0v) is 13.6. The lowest BCUT2D eigenvalue weighted by molar-refractivity contribution is -0.0320. The van der Waals surface area contributed by atoms with E-state index in [2.05, 4.69) is 0 Å². The van der Waals surface area contributed by atoms with Crippen molar-refractivity contribution >= 4 is 10.2 Å². The van der Waals surface area contributed by atoms with Crippen LogP contribution in [0.4, 0.5) is 0 Å². The Morgan fingerprint density at radius 3 is 2.58 bits per heavy atom. The van der Waals surface area contributed by atoms with E-state index in [1.807, 2.05) is 24.3 Å². The lowest BCUT2D eigenvalue weighted by Crippen LogP contribution is -2.41. The second kappa shape index (κ2) is 7.08. The molecule has 3 atom stereocenters. The first-order valence-corrected chi connectivity index (χ1v) is 8.70. The first kappa shape index (κ1) is 14.6. The zero-order valence-electron chi connectivity index (χ0n) is 11.6. The van der Waals surface area contributed by atoms with Gasteiger partial charge in [0, 0.05) is 10.2 Å². The molecule has 3 unspecified atom stereocenters. The molecule has 0 bridgehead atoms. The highest BCUT2D eigenvalue weighted by Crippen LogP contribution is 2.31. The summed E-state index contributed by atoms with van der Waals surface area (Å²) in [5.74, 6) is 1.20. The fraction of sp³-hybridized carbons (Fsp3) is 0.600. The fourth-order valence-electron chi connectivity index (χ4n) is 2.89. The molecular weight excluding hydrogens is 256 g/mol. The number of hydrogen-bond acceptors (Lipinski definition) is 3. The van der Waals surface area contributed by atoms with Gasteiger partial charge in [-0.2, -0.15) is 0 Å². The van der Waals surface area contributed by atoms with Gasteiger partial charge in [-0.1, -0.05) is 24.6 Å². The molecule has 1 saturated carbocycles. The summed E-state index contributed by atoms with van der Waals surface area (Å²) in [5, 5.41) is 19.4. The standard InChI is InChI=1S/C15H24O3Si/c16-10-11-4-6-13(7-5-11)18-14-3-1-2-12(8-9-19)15(14)17/h4-7,12,14-17H,1-3,8-10H2,19H3. The van der Waals surface area contributed by atoms with Crippen molar-refractivity contribution in [1.82, 2.24) is 0 Å². The molecule has 0 saturated heterocycles. The zero-order chi connectivity index (χ0) is 13.7. The van der Waals surface area contributed by atoms with Crippen molar-refractivity contribution in [2.75, 3.05) is 0 Å². The number of aliphatic hydroxyl groups is 2. The maximum Gasteiger partial charge on any atom is 0.125 e.